The van der Waals surface area contributed by atoms with Crippen LogP contribution in [0.3, 0.4) is 0 Å². The maximum absolute atomic E-state index is 12.3. The van der Waals surface area contributed by atoms with Gasteiger partial charge in [-0.05, 0) is 57.7 Å². The Balaban J connectivity index is 2.61. The number of sulfonamides is 1. The summed E-state index contributed by atoms with van der Waals surface area (Å²) in [4.78, 5) is 0.195. The van der Waals surface area contributed by atoms with Crippen LogP contribution in [0.5, 0.6) is 0 Å². The Kier molecular flexibility index (Phi) is 6.64. The molecule has 0 amide bonds. The number of hydrogen-bond acceptors (Lipinski definition) is 4. The van der Waals surface area contributed by atoms with Crippen LogP contribution in [0.25, 0.3) is 0 Å². The van der Waals surface area contributed by atoms with Gasteiger partial charge in [0.25, 0.3) is 0 Å². The minimum absolute atomic E-state index is 0.195. The van der Waals surface area contributed by atoms with Crippen LogP contribution in [0.15, 0.2) is 17.0 Å². The van der Waals surface area contributed by atoms with E-state index >= 15 is 0 Å². The normalized spacial score (nSPS) is 12.0. The molecule has 120 valence electrons. The SMILES string of the molecule is Cc1ccc(N)c(S(=O)(=O)NCCCCOC(C)C)c1C. The summed E-state index contributed by atoms with van der Waals surface area (Å²) in [5.74, 6) is 0. The van der Waals surface area contributed by atoms with Crippen LogP contribution in [0.1, 0.15) is 37.8 Å². The van der Waals surface area contributed by atoms with E-state index in [1.165, 1.54) is 0 Å². The van der Waals surface area contributed by atoms with Gasteiger partial charge in [0.2, 0.25) is 10.0 Å². The van der Waals surface area contributed by atoms with Crippen molar-refractivity contribution in [1.29, 1.82) is 0 Å². The number of aryl methyl sites for hydroxylation is 1. The number of hydrogen-bond donors (Lipinski definition) is 2. The minimum atomic E-state index is -3.56. The first-order chi connectivity index (χ1) is 9.75. The highest BCUT2D eigenvalue weighted by atomic mass is 32.2. The molecular formula is C15H26N2O3S. The van der Waals surface area contributed by atoms with Gasteiger partial charge in [-0.1, -0.05) is 6.07 Å². The van der Waals surface area contributed by atoms with E-state index in [9.17, 15) is 8.42 Å². The Bertz CT molecular complexity index is 569. The maximum Gasteiger partial charge on any atom is 0.242 e. The van der Waals surface area contributed by atoms with Crippen LogP contribution in [0, 0.1) is 13.8 Å². The van der Waals surface area contributed by atoms with Crippen molar-refractivity contribution in [2.24, 2.45) is 0 Å². The van der Waals surface area contributed by atoms with Crippen molar-refractivity contribution >= 4 is 15.7 Å². The third-order valence-corrected chi connectivity index (χ3v) is 4.95. The van der Waals surface area contributed by atoms with Gasteiger partial charge in [-0.25, -0.2) is 13.1 Å². The summed E-state index contributed by atoms with van der Waals surface area (Å²) in [7, 11) is -3.56. The van der Waals surface area contributed by atoms with Crippen molar-refractivity contribution < 1.29 is 13.2 Å². The lowest BCUT2D eigenvalue weighted by Gasteiger charge is -2.13. The highest BCUT2D eigenvalue weighted by Crippen LogP contribution is 2.24. The highest BCUT2D eigenvalue weighted by molar-refractivity contribution is 7.89. The fraction of sp³-hybridized carbons (Fsp3) is 0.600. The lowest BCUT2D eigenvalue weighted by Crippen LogP contribution is -2.27. The first kappa shape index (κ1) is 17.9. The van der Waals surface area contributed by atoms with E-state index in [0.717, 1.165) is 18.4 Å². The number of anilines is 1. The Morgan fingerprint density at radius 2 is 1.90 bits per heavy atom. The number of nitrogens with one attached hydrogen (secondary N) is 1. The van der Waals surface area contributed by atoms with E-state index in [4.69, 9.17) is 10.5 Å². The summed E-state index contributed by atoms with van der Waals surface area (Å²) in [5, 5.41) is 0. The molecule has 5 nitrogen and oxygen atoms in total. The first-order valence-corrected chi connectivity index (χ1v) is 8.71. The van der Waals surface area contributed by atoms with Crippen LogP contribution in [0.4, 0.5) is 5.69 Å². The number of unbranched alkanes of at least 4 members (excludes halogenated alkanes) is 1. The third kappa shape index (κ3) is 5.30. The molecule has 0 saturated heterocycles. The molecule has 0 radical (unpaired) electrons. The smallest absolute Gasteiger partial charge is 0.242 e. The van der Waals surface area contributed by atoms with E-state index in [1.807, 2.05) is 26.8 Å². The van der Waals surface area contributed by atoms with Crippen LogP contribution < -0.4 is 10.5 Å². The molecule has 0 aromatic heterocycles. The van der Waals surface area contributed by atoms with Gasteiger partial charge in [-0.15, -0.1) is 0 Å². The number of nitrogen functional groups attached to an aromatic ring is 1. The minimum Gasteiger partial charge on any atom is -0.398 e. The van der Waals surface area contributed by atoms with Crippen LogP contribution >= 0.6 is 0 Å². The summed E-state index contributed by atoms with van der Waals surface area (Å²) in [6.07, 6.45) is 1.76. The Hall–Kier alpha value is -1.11. The first-order valence-electron chi connectivity index (χ1n) is 7.22. The van der Waals surface area contributed by atoms with Crippen LogP contribution in [-0.2, 0) is 14.8 Å². The molecule has 1 aromatic carbocycles. The van der Waals surface area contributed by atoms with E-state index in [-0.39, 0.29) is 16.7 Å². The molecule has 21 heavy (non-hydrogen) atoms. The predicted molar refractivity (Wildman–Crippen MR) is 85.8 cm³/mol. The zero-order valence-electron chi connectivity index (χ0n) is 13.3. The predicted octanol–water partition coefficient (Wildman–Crippen LogP) is 2.37. The van der Waals surface area contributed by atoms with Crippen molar-refractivity contribution in [3.8, 4) is 0 Å². The van der Waals surface area contributed by atoms with E-state index in [1.54, 1.807) is 13.0 Å². The lowest BCUT2D eigenvalue weighted by molar-refractivity contribution is 0.0762. The molecule has 0 aliphatic rings. The van der Waals surface area contributed by atoms with Gasteiger partial charge in [-0.2, -0.15) is 0 Å². The summed E-state index contributed by atoms with van der Waals surface area (Å²) in [6.45, 7) is 8.63. The number of nitrogens with two attached hydrogens (primary N) is 1. The topological polar surface area (TPSA) is 81.4 Å². The standard InChI is InChI=1S/C15H26N2O3S/c1-11(2)20-10-6-5-9-17-21(18,19)15-13(4)12(3)7-8-14(15)16/h7-8,11,17H,5-6,9-10,16H2,1-4H3. The number of rotatable bonds is 8. The molecule has 0 fully saturated rings. The van der Waals surface area contributed by atoms with Crippen molar-refractivity contribution in [1.82, 2.24) is 4.72 Å². The molecule has 0 heterocycles. The average Bonchev–Trinajstić information content (AvgIpc) is 2.38. The van der Waals surface area contributed by atoms with Crippen LogP contribution in [-0.4, -0.2) is 27.7 Å². The van der Waals surface area contributed by atoms with Gasteiger partial charge < -0.3 is 10.5 Å². The lowest BCUT2D eigenvalue weighted by atomic mass is 10.1. The summed E-state index contributed by atoms with van der Waals surface area (Å²) >= 11 is 0. The van der Waals surface area contributed by atoms with Crippen LogP contribution in [0.2, 0.25) is 0 Å². The van der Waals surface area contributed by atoms with Crippen molar-refractivity contribution in [2.75, 3.05) is 18.9 Å². The monoisotopic (exact) mass is 314 g/mol. The van der Waals surface area contributed by atoms with Gasteiger partial charge in [0.15, 0.2) is 0 Å². The molecule has 0 bridgehead atoms. The van der Waals surface area contributed by atoms with Gasteiger partial charge in [0, 0.05) is 13.2 Å². The largest absolute Gasteiger partial charge is 0.398 e. The second kappa shape index (κ2) is 7.77. The van der Waals surface area contributed by atoms with Gasteiger partial charge in [-0.3, -0.25) is 0 Å². The Labute approximate surface area is 127 Å². The fourth-order valence-electron chi connectivity index (χ4n) is 1.99. The molecule has 3 N–H and O–H groups in total. The Morgan fingerprint density at radius 1 is 1.24 bits per heavy atom. The second-order valence-corrected chi connectivity index (χ2v) is 7.15. The van der Waals surface area contributed by atoms with Gasteiger partial charge >= 0.3 is 0 Å². The van der Waals surface area contributed by atoms with Crippen molar-refractivity contribution in [3.05, 3.63) is 23.3 Å². The molecule has 1 aromatic rings. The zero-order chi connectivity index (χ0) is 16.0. The van der Waals surface area contributed by atoms with Crippen molar-refractivity contribution in [2.45, 2.75) is 51.5 Å². The quantitative estimate of drug-likeness (QED) is 0.570. The zero-order valence-corrected chi connectivity index (χ0v) is 14.1. The van der Waals surface area contributed by atoms with Gasteiger partial charge in [0.05, 0.1) is 11.8 Å². The van der Waals surface area contributed by atoms with E-state index in [2.05, 4.69) is 4.72 Å². The van der Waals surface area contributed by atoms with E-state index in [0.29, 0.717) is 18.7 Å². The molecule has 0 spiro atoms. The summed E-state index contributed by atoms with van der Waals surface area (Å²) in [6, 6.07) is 3.46. The maximum atomic E-state index is 12.3. The highest BCUT2D eigenvalue weighted by Gasteiger charge is 2.20. The summed E-state index contributed by atoms with van der Waals surface area (Å²) < 4.78 is 32.7. The molecule has 6 heteroatoms. The fourth-order valence-corrected chi connectivity index (χ4v) is 3.49. The van der Waals surface area contributed by atoms with Crippen molar-refractivity contribution in [3.63, 3.8) is 0 Å². The van der Waals surface area contributed by atoms with E-state index < -0.39 is 10.0 Å². The molecular weight excluding hydrogens is 288 g/mol. The molecule has 0 atom stereocenters. The molecule has 0 aliphatic heterocycles. The van der Waals surface area contributed by atoms with Gasteiger partial charge in [0.1, 0.15) is 4.90 Å². The molecule has 0 aliphatic carbocycles. The average molecular weight is 314 g/mol. The molecule has 1 rings (SSSR count). The third-order valence-electron chi connectivity index (χ3n) is 3.29. The Morgan fingerprint density at radius 3 is 2.52 bits per heavy atom. The summed E-state index contributed by atoms with van der Waals surface area (Å²) in [5.41, 5.74) is 7.72. The second-order valence-electron chi connectivity index (χ2n) is 5.45. The number of ether oxygens (including phenoxy) is 1. The number of benzene rings is 1. The molecule has 0 unspecified atom stereocenters. The molecule has 0 saturated carbocycles.